The number of hydrogen-bond acceptors (Lipinski definition) is 1. The minimum Gasteiger partial charge on any atom is -0.303 e. The van der Waals surface area contributed by atoms with Gasteiger partial charge in [0.15, 0.2) is 0 Å². The van der Waals surface area contributed by atoms with Crippen LogP contribution in [-0.4, -0.2) is 7.05 Å². The summed E-state index contributed by atoms with van der Waals surface area (Å²) < 4.78 is 0. The van der Waals surface area contributed by atoms with Crippen molar-refractivity contribution in [2.75, 3.05) is 7.05 Å². The van der Waals surface area contributed by atoms with Gasteiger partial charge in [0.25, 0.3) is 0 Å². The second kappa shape index (κ2) is 4.53. The normalized spacial score (nSPS) is 12.2. The molecule has 0 aliphatic rings. The second-order valence-corrected chi connectivity index (χ2v) is 3.32. The van der Waals surface area contributed by atoms with Gasteiger partial charge >= 0.3 is 0 Å². The van der Waals surface area contributed by atoms with Crippen LogP contribution in [0.15, 0.2) is 18.2 Å². The summed E-state index contributed by atoms with van der Waals surface area (Å²) >= 11 is 11.8. The molecule has 1 unspecified atom stereocenters. The van der Waals surface area contributed by atoms with Crippen LogP contribution < -0.4 is 5.32 Å². The molecule has 0 aliphatic carbocycles. The second-order valence-electron chi connectivity index (χ2n) is 2.53. The van der Waals surface area contributed by atoms with E-state index in [2.05, 4.69) is 11.2 Å². The van der Waals surface area contributed by atoms with Gasteiger partial charge in [0, 0.05) is 5.56 Å². The smallest absolute Gasteiger partial charge is 0.0955 e. The van der Waals surface area contributed by atoms with Gasteiger partial charge in [-0.25, -0.2) is 0 Å². The minimum absolute atomic E-state index is 0.189. The number of rotatable bonds is 2. The van der Waals surface area contributed by atoms with Crippen molar-refractivity contribution < 1.29 is 0 Å². The molecule has 1 atom stereocenters. The molecule has 0 bridgehead atoms. The van der Waals surface area contributed by atoms with Crippen LogP contribution in [0.25, 0.3) is 0 Å². The average molecular weight is 214 g/mol. The van der Waals surface area contributed by atoms with Gasteiger partial charge in [-0.15, -0.1) is 6.42 Å². The van der Waals surface area contributed by atoms with Gasteiger partial charge in [0.1, 0.15) is 0 Å². The first-order chi connectivity index (χ1) is 6.20. The van der Waals surface area contributed by atoms with Crippen LogP contribution in [0.4, 0.5) is 0 Å². The molecule has 0 spiro atoms. The lowest BCUT2D eigenvalue weighted by Gasteiger charge is -2.11. The van der Waals surface area contributed by atoms with Crippen molar-refractivity contribution in [3.63, 3.8) is 0 Å². The number of halogens is 2. The molecule has 1 rings (SSSR count). The summed E-state index contributed by atoms with van der Waals surface area (Å²) in [5.41, 5.74) is 0.833. The highest BCUT2D eigenvalue weighted by Gasteiger charge is 2.11. The highest BCUT2D eigenvalue weighted by atomic mass is 35.5. The fourth-order valence-corrected chi connectivity index (χ4v) is 1.49. The lowest BCUT2D eigenvalue weighted by Crippen LogP contribution is -2.14. The van der Waals surface area contributed by atoms with Crippen LogP contribution in [0.3, 0.4) is 0 Å². The molecule has 0 fully saturated rings. The highest BCUT2D eigenvalue weighted by molar-refractivity contribution is 6.42. The summed E-state index contributed by atoms with van der Waals surface area (Å²) in [6.07, 6.45) is 5.32. The highest BCUT2D eigenvalue weighted by Crippen LogP contribution is 2.29. The third kappa shape index (κ3) is 2.16. The van der Waals surface area contributed by atoms with Gasteiger partial charge in [-0.2, -0.15) is 0 Å². The first-order valence-electron chi connectivity index (χ1n) is 3.78. The van der Waals surface area contributed by atoms with Crippen molar-refractivity contribution in [2.45, 2.75) is 6.04 Å². The Balaban J connectivity index is 3.15. The van der Waals surface area contributed by atoms with E-state index >= 15 is 0 Å². The zero-order valence-corrected chi connectivity index (χ0v) is 8.65. The first-order valence-corrected chi connectivity index (χ1v) is 4.53. The lowest BCUT2D eigenvalue weighted by atomic mass is 10.1. The SMILES string of the molecule is C#CC(NC)c1cccc(Cl)c1Cl. The van der Waals surface area contributed by atoms with Gasteiger partial charge in [-0.05, 0) is 13.1 Å². The molecule has 0 aliphatic heterocycles. The minimum atomic E-state index is -0.189. The van der Waals surface area contributed by atoms with Crippen molar-refractivity contribution in [1.82, 2.24) is 5.32 Å². The predicted molar refractivity (Wildman–Crippen MR) is 57.1 cm³/mol. The molecule has 0 heterocycles. The Morgan fingerprint density at radius 1 is 1.46 bits per heavy atom. The standard InChI is InChI=1S/C10H9Cl2N/c1-3-9(13-2)7-5-4-6-8(11)10(7)12/h1,4-6,9,13H,2H3. The van der Waals surface area contributed by atoms with Crippen LogP contribution in [0.1, 0.15) is 11.6 Å². The lowest BCUT2D eigenvalue weighted by molar-refractivity contribution is 0.737. The van der Waals surface area contributed by atoms with E-state index in [4.69, 9.17) is 29.6 Å². The third-order valence-electron chi connectivity index (χ3n) is 1.75. The summed E-state index contributed by atoms with van der Waals surface area (Å²) in [6, 6.07) is 5.23. The maximum atomic E-state index is 5.98. The zero-order valence-electron chi connectivity index (χ0n) is 7.14. The van der Waals surface area contributed by atoms with Crippen LogP contribution in [0.5, 0.6) is 0 Å². The predicted octanol–water partition coefficient (Wildman–Crippen LogP) is 2.89. The summed E-state index contributed by atoms with van der Waals surface area (Å²) in [5.74, 6) is 2.58. The summed E-state index contributed by atoms with van der Waals surface area (Å²) in [7, 11) is 1.78. The van der Waals surface area contributed by atoms with Gasteiger partial charge in [0.05, 0.1) is 16.1 Å². The third-order valence-corrected chi connectivity index (χ3v) is 2.58. The van der Waals surface area contributed by atoms with Crippen LogP contribution >= 0.6 is 23.2 Å². The largest absolute Gasteiger partial charge is 0.303 e. The maximum absolute atomic E-state index is 5.98. The molecular weight excluding hydrogens is 205 g/mol. The Kier molecular flexibility index (Phi) is 3.62. The maximum Gasteiger partial charge on any atom is 0.0955 e. The van der Waals surface area contributed by atoms with Gasteiger partial charge in [-0.3, -0.25) is 0 Å². The molecule has 1 aromatic rings. The van der Waals surface area contributed by atoms with Crippen molar-refractivity contribution in [2.24, 2.45) is 0 Å². The van der Waals surface area contributed by atoms with E-state index in [1.807, 2.05) is 12.1 Å². The van der Waals surface area contributed by atoms with Crippen molar-refractivity contribution >= 4 is 23.2 Å². The zero-order chi connectivity index (χ0) is 9.84. The average Bonchev–Trinajstić information content (AvgIpc) is 2.14. The van der Waals surface area contributed by atoms with E-state index in [0.717, 1.165) is 5.56 Å². The van der Waals surface area contributed by atoms with E-state index in [0.29, 0.717) is 10.0 Å². The Labute approximate surface area is 88.0 Å². The van der Waals surface area contributed by atoms with Crippen molar-refractivity contribution in [3.8, 4) is 12.3 Å². The first kappa shape index (κ1) is 10.4. The fraction of sp³-hybridized carbons (Fsp3) is 0.200. The van der Waals surface area contributed by atoms with Gasteiger partial charge < -0.3 is 5.32 Å². The van der Waals surface area contributed by atoms with E-state index in [-0.39, 0.29) is 6.04 Å². The molecule has 0 aromatic heterocycles. The Morgan fingerprint density at radius 2 is 2.15 bits per heavy atom. The monoisotopic (exact) mass is 213 g/mol. The summed E-state index contributed by atoms with van der Waals surface area (Å²) in [5, 5.41) is 3.99. The van der Waals surface area contributed by atoms with E-state index in [9.17, 15) is 0 Å². The molecule has 1 aromatic carbocycles. The molecule has 3 heteroatoms. The van der Waals surface area contributed by atoms with Crippen LogP contribution in [-0.2, 0) is 0 Å². The molecule has 0 saturated heterocycles. The molecular formula is C10H9Cl2N. The van der Waals surface area contributed by atoms with Crippen molar-refractivity contribution in [1.29, 1.82) is 0 Å². The molecule has 0 saturated carbocycles. The molecule has 1 N–H and O–H groups in total. The molecule has 0 radical (unpaired) electrons. The Morgan fingerprint density at radius 3 is 2.69 bits per heavy atom. The molecule has 68 valence electrons. The molecule has 13 heavy (non-hydrogen) atoms. The van der Waals surface area contributed by atoms with E-state index in [1.165, 1.54) is 0 Å². The van der Waals surface area contributed by atoms with Gasteiger partial charge in [-0.1, -0.05) is 41.3 Å². The fourth-order valence-electron chi connectivity index (χ4n) is 1.07. The van der Waals surface area contributed by atoms with Crippen molar-refractivity contribution in [3.05, 3.63) is 33.8 Å². The van der Waals surface area contributed by atoms with Crippen LogP contribution in [0, 0.1) is 12.3 Å². The number of benzene rings is 1. The van der Waals surface area contributed by atoms with E-state index < -0.39 is 0 Å². The topological polar surface area (TPSA) is 12.0 Å². The Bertz CT molecular complexity index is 341. The molecule has 0 amide bonds. The quantitative estimate of drug-likeness (QED) is 0.746. The Hall–Kier alpha value is -0.680. The molecule has 1 nitrogen and oxygen atoms in total. The number of terminal acetylenes is 1. The van der Waals surface area contributed by atoms with E-state index in [1.54, 1.807) is 13.1 Å². The number of hydrogen-bond donors (Lipinski definition) is 1. The number of nitrogens with one attached hydrogen (secondary N) is 1. The van der Waals surface area contributed by atoms with Crippen LogP contribution in [0.2, 0.25) is 10.0 Å². The summed E-state index contributed by atoms with van der Waals surface area (Å²) in [4.78, 5) is 0. The van der Waals surface area contributed by atoms with Gasteiger partial charge in [0.2, 0.25) is 0 Å². The summed E-state index contributed by atoms with van der Waals surface area (Å²) in [6.45, 7) is 0.